The second-order valence-electron chi connectivity index (χ2n) is 9.05. The molecule has 2 rings (SSSR count). The number of sulfone groups is 1. The normalized spacial score (nSPS) is 18.9. The highest BCUT2D eigenvalue weighted by Gasteiger charge is 2.34. The molecule has 1 unspecified atom stereocenters. The molecule has 1 aromatic rings. The Morgan fingerprint density at radius 1 is 1.19 bits per heavy atom. The SMILES string of the molecule is CC=C(C)C(=O)C(C=C(C)C=CC1=C(C)CCCC1(C)C)S(=O)(=O)c1cc(Cl)ccc1Cl. The van der Waals surface area contributed by atoms with Crippen LogP contribution in [0.5, 0.6) is 0 Å². The van der Waals surface area contributed by atoms with Crippen molar-refractivity contribution < 1.29 is 13.2 Å². The Hall–Kier alpha value is -1.62. The second kappa shape index (κ2) is 10.5. The Morgan fingerprint density at radius 2 is 1.84 bits per heavy atom. The number of hydrogen-bond acceptors (Lipinski definition) is 3. The molecule has 0 spiro atoms. The molecule has 1 atom stereocenters. The van der Waals surface area contributed by atoms with Crippen LogP contribution in [-0.4, -0.2) is 19.5 Å². The minimum absolute atomic E-state index is 0.0386. The van der Waals surface area contributed by atoms with Crippen LogP contribution in [0.15, 0.2) is 69.7 Å². The summed E-state index contributed by atoms with van der Waals surface area (Å²) in [6, 6.07) is 4.24. The lowest BCUT2D eigenvalue weighted by Crippen LogP contribution is -2.30. The average Bonchev–Trinajstić information content (AvgIpc) is 2.71. The van der Waals surface area contributed by atoms with Crippen molar-refractivity contribution in [2.75, 3.05) is 0 Å². The zero-order valence-corrected chi connectivity index (χ0v) is 22.0. The summed E-state index contributed by atoms with van der Waals surface area (Å²) in [5.41, 5.74) is 3.74. The highest BCUT2D eigenvalue weighted by Crippen LogP contribution is 2.41. The van der Waals surface area contributed by atoms with E-state index in [1.54, 1.807) is 19.9 Å². The number of halogens is 2. The van der Waals surface area contributed by atoms with Crippen LogP contribution in [0.4, 0.5) is 0 Å². The van der Waals surface area contributed by atoms with Crippen LogP contribution in [0.2, 0.25) is 10.0 Å². The zero-order chi connectivity index (χ0) is 24.3. The summed E-state index contributed by atoms with van der Waals surface area (Å²) in [7, 11) is -4.11. The van der Waals surface area contributed by atoms with Crippen molar-refractivity contribution in [3.8, 4) is 0 Å². The quantitative estimate of drug-likeness (QED) is 0.288. The molecule has 0 heterocycles. The molecular formula is C26H32Cl2O3S. The van der Waals surface area contributed by atoms with Gasteiger partial charge in [-0.3, -0.25) is 4.79 Å². The highest BCUT2D eigenvalue weighted by molar-refractivity contribution is 7.93. The van der Waals surface area contributed by atoms with E-state index in [2.05, 4.69) is 26.8 Å². The molecule has 6 heteroatoms. The first-order chi connectivity index (χ1) is 14.8. The lowest BCUT2D eigenvalue weighted by atomic mass is 9.72. The molecule has 1 aliphatic rings. The summed E-state index contributed by atoms with van der Waals surface area (Å²) < 4.78 is 27.0. The van der Waals surface area contributed by atoms with Gasteiger partial charge < -0.3 is 0 Å². The number of carbonyl (C=O) groups is 1. The fourth-order valence-electron chi connectivity index (χ4n) is 4.02. The molecule has 0 bridgehead atoms. The number of rotatable bonds is 7. The Kier molecular flexibility index (Phi) is 8.77. The van der Waals surface area contributed by atoms with Gasteiger partial charge in [0.25, 0.3) is 0 Å². The first-order valence-electron chi connectivity index (χ1n) is 10.7. The Bertz CT molecular complexity index is 1120. The zero-order valence-electron chi connectivity index (χ0n) is 19.6. The summed E-state index contributed by atoms with van der Waals surface area (Å²) in [5, 5.41) is -1.12. The van der Waals surface area contributed by atoms with Crippen LogP contribution in [0.3, 0.4) is 0 Å². The minimum atomic E-state index is -4.11. The molecule has 0 N–H and O–H groups in total. The highest BCUT2D eigenvalue weighted by atomic mass is 35.5. The molecule has 3 nitrogen and oxygen atoms in total. The molecule has 32 heavy (non-hydrogen) atoms. The van der Waals surface area contributed by atoms with E-state index >= 15 is 0 Å². The minimum Gasteiger partial charge on any atom is -0.293 e. The summed E-state index contributed by atoms with van der Waals surface area (Å²) in [5.74, 6) is -0.482. The Labute approximate surface area is 202 Å². The lowest BCUT2D eigenvalue weighted by molar-refractivity contribution is -0.114. The standard InChI is InChI=1S/C26H32Cl2O3S/c1-7-18(3)25(29)24(32(30,31)23-16-20(27)11-13-22(23)28)15-17(2)10-12-21-19(4)9-8-14-26(21,5)6/h7,10-13,15-16,24H,8-9,14H2,1-6H3. The van der Waals surface area contributed by atoms with Crippen molar-refractivity contribution in [3.63, 3.8) is 0 Å². The van der Waals surface area contributed by atoms with Gasteiger partial charge in [-0.2, -0.15) is 0 Å². The van der Waals surface area contributed by atoms with Crippen LogP contribution in [0, 0.1) is 5.41 Å². The predicted molar refractivity (Wildman–Crippen MR) is 135 cm³/mol. The largest absolute Gasteiger partial charge is 0.293 e. The van der Waals surface area contributed by atoms with Gasteiger partial charge in [0.1, 0.15) is 5.25 Å². The fraction of sp³-hybridized carbons (Fsp3) is 0.423. The lowest BCUT2D eigenvalue weighted by Gasteiger charge is -2.33. The van der Waals surface area contributed by atoms with Crippen LogP contribution in [0.1, 0.15) is 60.8 Å². The fourth-order valence-corrected chi connectivity index (χ4v) is 6.47. The third kappa shape index (κ3) is 6.03. The molecule has 0 aromatic heterocycles. The Morgan fingerprint density at radius 3 is 2.44 bits per heavy atom. The number of allylic oxidation sites excluding steroid dienone is 7. The van der Waals surface area contributed by atoms with Crippen molar-refractivity contribution in [1.29, 1.82) is 0 Å². The third-order valence-corrected chi connectivity index (χ3v) is 8.73. The molecule has 0 amide bonds. The van der Waals surface area contributed by atoms with Crippen molar-refractivity contribution in [1.82, 2.24) is 0 Å². The first kappa shape index (κ1) is 26.6. The van der Waals surface area contributed by atoms with E-state index in [1.807, 2.05) is 13.0 Å². The van der Waals surface area contributed by atoms with E-state index in [0.29, 0.717) is 11.1 Å². The molecule has 0 aliphatic heterocycles. The van der Waals surface area contributed by atoms with Gasteiger partial charge in [0.05, 0.1) is 9.92 Å². The van der Waals surface area contributed by atoms with Crippen LogP contribution < -0.4 is 0 Å². The summed E-state index contributed by atoms with van der Waals surface area (Å²) in [6.07, 6.45) is 10.4. The van der Waals surface area contributed by atoms with Crippen LogP contribution >= 0.6 is 23.2 Å². The van der Waals surface area contributed by atoms with Crippen molar-refractivity contribution in [3.05, 3.63) is 74.8 Å². The van der Waals surface area contributed by atoms with E-state index in [-0.39, 0.29) is 20.4 Å². The molecule has 0 fully saturated rings. The summed E-state index contributed by atoms with van der Waals surface area (Å²) >= 11 is 12.2. The number of hydrogen-bond donors (Lipinski definition) is 0. The van der Waals surface area contributed by atoms with E-state index in [1.165, 1.54) is 41.8 Å². The first-order valence-corrected chi connectivity index (χ1v) is 13.0. The maximum absolute atomic E-state index is 13.5. The van der Waals surface area contributed by atoms with Crippen molar-refractivity contribution >= 4 is 38.8 Å². The molecule has 1 aromatic carbocycles. The van der Waals surface area contributed by atoms with Gasteiger partial charge in [-0.05, 0) is 81.7 Å². The molecule has 174 valence electrons. The second-order valence-corrected chi connectivity index (χ2v) is 11.9. The van der Waals surface area contributed by atoms with E-state index in [9.17, 15) is 13.2 Å². The maximum Gasteiger partial charge on any atom is 0.193 e. The van der Waals surface area contributed by atoms with E-state index in [4.69, 9.17) is 23.2 Å². The molecule has 0 saturated carbocycles. The van der Waals surface area contributed by atoms with E-state index < -0.39 is 20.9 Å². The Balaban J connectivity index is 2.55. The topological polar surface area (TPSA) is 51.2 Å². The van der Waals surface area contributed by atoms with Gasteiger partial charge in [0, 0.05) is 5.02 Å². The van der Waals surface area contributed by atoms with Crippen molar-refractivity contribution in [2.24, 2.45) is 5.41 Å². The van der Waals surface area contributed by atoms with Gasteiger partial charge in [0.15, 0.2) is 15.6 Å². The van der Waals surface area contributed by atoms with Crippen molar-refractivity contribution in [2.45, 2.75) is 71.0 Å². The van der Waals surface area contributed by atoms with Crippen LogP contribution in [-0.2, 0) is 14.6 Å². The maximum atomic E-state index is 13.5. The number of ketones is 1. The van der Waals surface area contributed by atoms with Gasteiger partial charge in [0.2, 0.25) is 0 Å². The summed E-state index contributed by atoms with van der Waals surface area (Å²) in [4.78, 5) is 12.9. The van der Waals surface area contributed by atoms with E-state index in [0.717, 1.165) is 12.8 Å². The van der Waals surface area contributed by atoms with Gasteiger partial charge in [-0.25, -0.2) is 8.42 Å². The van der Waals surface area contributed by atoms with Crippen LogP contribution in [0.25, 0.3) is 0 Å². The molecule has 0 saturated heterocycles. The molecule has 0 radical (unpaired) electrons. The molecule has 1 aliphatic carbocycles. The smallest absolute Gasteiger partial charge is 0.193 e. The summed E-state index contributed by atoms with van der Waals surface area (Å²) in [6.45, 7) is 11.7. The third-order valence-electron chi connectivity index (χ3n) is 6.08. The molecular weight excluding hydrogens is 463 g/mol. The van der Waals surface area contributed by atoms with Gasteiger partial charge in [-0.1, -0.05) is 72.5 Å². The number of benzene rings is 1. The van der Waals surface area contributed by atoms with Gasteiger partial charge in [-0.15, -0.1) is 0 Å². The van der Waals surface area contributed by atoms with Gasteiger partial charge >= 0.3 is 0 Å². The monoisotopic (exact) mass is 494 g/mol. The number of carbonyl (C=O) groups excluding carboxylic acids is 1. The number of Topliss-reactive ketones (excluding diaryl/α,β-unsaturated/α-hetero) is 1. The predicted octanol–water partition coefficient (Wildman–Crippen LogP) is 7.70. The average molecular weight is 496 g/mol.